The van der Waals surface area contributed by atoms with Crippen molar-refractivity contribution in [3.8, 4) is 0 Å². The zero-order valence-corrected chi connectivity index (χ0v) is 12.6. The Morgan fingerprint density at radius 1 is 1.17 bits per heavy atom. The molecule has 0 atom stereocenters. The van der Waals surface area contributed by atoms with Crippen molar-refractivity contribution < 1.29 is 0 Å². The molecule has 0 aliphatic heterocycles. The number of nitrogens with two attached hydrogens (primary N) is 1. The largest absolute Gasteiger partial charge is 0.330 e. The van der Waals surface area contributed by atoms with Crippen LogP contribution < -0.4 is 5.73 Å². The smallest absolute Gasteiger partial charge is 0.00529 e. The predicted molar refractivity (Wildman–Crippen MR) is 78.6 cm³/mol. The molecule has 2 aliphatic carbocycles. The van der Waals surface area contributed by atoms with Gasteiger partial charge in [-0.2, -0.15) is 0 Å². The summed E-state index contributed by atoms with van der Waals surface area (Å²) in [6, 6.07) is 0.674. The Hall–Kier alpha value is -0.0800. The molecule has 0 saturated heterocycles. The highest BCUT2D eigenvalue weighted by Crippen LogP contribution is 2.40. The molecule has 0 bridgehead atoms. The van der Waals surface area contributed by atoms with E-state index in [1.807, 2.05) is 0 Å². The molecule has 2 heteroatoms. The van der Waals surface area contributed by atoms with Crippen LogP contribution in [0.15, 0.2) is 0 Å². The first-order chi connectivity index (χ1) is 8.54. The molecule has 18 heavy (non-hydrogen) atoms. The first kappa shape index (κ1) is 14.3. The normalized spacial score (nSPS) is 33.3. The molecule has 0 aromatic rings. The average Bonchev–Trinajstić information content (AvgIpc) is 3.15. The van der Waals surface area contributed by atoms with Crippen molar-refractivity contribution in [1.82, 2.24) is 4.90 Å². The summed E-state index contributed by atoms with van der Waals surface area (Å²) in [7, 11) is 0. The molecular formula is C16H32N2. The van der Waals surface area contributed by atoms with Gasteiger partial charge in [0.25, 0.3) is 0 Å². The molecule has 0 spiro atoms. The van der Waals surface area contributed by atoms with Crippen molar-refractivity contribution >= 4 is 0 Å². The predicted octanol–water partition coefficient (Wildman–Crippen LogP) is 3.26. The van der Waals surface area contributed by atoms with Gasteiger partial charge in [0.2, 0.25) is 0 Å². The quantitative estimate of drug-likeness (QED) is 0.786. The second-order valence-corrected chi connectivity index (χ2v) is 7.35. The number of hydrogen-bond donors (Lipinski definition) is 1. The summed E-state index contributed by atoms with van der Waals surface area (Å²) < 4.78 is 0. The van der Waals surface area contributed by atoms with Crippen LogP contribution in [-0.4, -0.2) is 30.6 Å². The molecule has 0 aromatic carbocycles. The molecule has 0 amide bonds. The van der Waals surface area contributed by atoms with E-state index in [-0.39, 0.29) is 0 Å². The van der Waals surface area contributed by atoms with E-state index < -0.39 is 0 Å². The minimum absolute atomic E-state index is 0.422. The van der Waals surface area contributed by atoms with Crippen LogP contribution in [0.4, 0.5) is 0 Å². The molecule has 0 heterocycles. The zero-order chi connectivity index (χ0) is 13.2. The zero-order valence-electron chi connectivity index (χ0n) is 12.6. The molecule has 2 saturated carbocycles. The third-order valence-electron chi connectivity index (χ3n) is 5.23. The van der Waals surface area contributed by atoms with E-state index in [2.05, 4.69) is 25.7 Å². The monoisotopic (exact) mass is 252 g/mol. The summed E-state index contributed by atoms with van der Waals surface area (Å²) in [5.41, 5.74) is 6.57. The maximum Gasteiger partial charge on any atom is 0.00529 e. The van der Waals surface area contributed by atoms with Crippen LogP contribution in [-0.2, 0) is 0 Å². The first-order valence-electron chi connectivity index (χ1n) is 7.99. The van der Waals surface area contributed by atoms with E-state index in [1.54, 1.807) is 0 Å². The van der Waals surface area contributed by atoms with Crippen molar-refractivity contribution in [3.05, 3.63) is 0 Å². The highest BCUT2D eigenvalue weighted by Gasteiger charge is 2.36. The van der Waals surface area contributed by atoms with E-state index >= 15 is 0 Å². The second kappa shape index (κ2) is 5.92. The van der Waals surface area contributed by atoms with Gasteiger partial charge in [0, 0.05) is 19.1 Å². The van der Waals surface area contributed by atoms with Gasteiger partial charge in [-0.05, 0) is 63.3 Å². The second-order valence-electron chi connectivity index (χ2n) is 7.35. The van der Waals surface area contributed by atoms with Gasteiger partial charge < -0.3 is 10.6 Å². The Morgan fingerprint density at radius 2 is 1.78 bits per heavy atom. The lowest BCUT2D eigenvalue weighted by Crippen LogP contribution is -2.47. The van der Waals surface area contributed by atoms with Crippen LogP contribution in [0.3, 0.4) is 0 Å². The lowest BCUT2D eigenvalue weighted by molar-refractivity contribution is 0.0747. The van der Waals surface area contributed by atoms with Crippen LogP contribution in [0.2, 0.25) is 0 Å². The summed E-state index contributed by atoms with van der Waals surface area (Å²) in [5, 5.41) is 0. The van der Waals surface area contributed by atoms with Crippen LogP contribution in [0, 0.1) is 17.3 Å². The van der Waals surface area contributed by atoms with Crippen LogP contribution in [0.5, 0.6) is 0 Å². The van der Waals surface area contributed by atoms with Crippen LogP contribution >= 0.6 is 0 Å². The molecule has 2 fully saturated rings. The summed E-state index contributed by atoms with van der Waals surface area (Å²) in [4.78, 5) is 2.71. The SMILES string of the molecule is CC1CCC(CN)(CN(CC2CC2)C(C)C)CC1. The van der Waals surface area contributed by atoms with Gasteiger partial charge in [-0.25, -0.2) is 0 Å². The molecule has 0 unspecified atom stereocenters. The standard InChI is InChI=1S/C16H32N2/c1-13(2)18(10-15-4-5-15)12-16(11-17)8-6-14(3)7-9-16/h13-15H,4-12,17H2,1-3H3. The number of hydrogen-bond acceptors (Lipinski definition) is 2. The minimum atomic E-state index is 0.422. The van der Waals surface area contributed by atoms with E-state index in [1.165, 1.54) is 51.6 Å². The number of rotatable bonds is 6. The third kappa shape index (κ3) is 3.71. The Kier molecular flexibility index (Phi) is 4.71. The maximum absolute atomic E-state index is 6.15. The molecule has 2 N–H and O–H groups in total. The summed E-state index contributed by atoms with van der Waals surface area (Å²) in [6.45, 7) is 10.5. The molecule has 2 rings (SSSR count). The van der Waals surface area contributed by atoms with Gasteiger partial charge in [0.05, 0.1) is 0 Å². The maximum atomic E-state index is 6.15. The summed E-state index contributed by atoms with van der Waals surface area (Å²) >= 11 is 0. The van der Waals surface area contributed by atoms with Crippen molar-refractivity contribution in [2.75, 3.05) is 19.6 Å². The Labute approximate surface area is 113 Å². The molecule has 2 aliphatic rings. The minimum Gasteiger partial charge on any atom is -0.330 e. The van der Waals surface area contributed by atoms with Crippen LogP contribution in [0.1, 0.15) is 59.3 Å². The van der Waals surface area contributed by atoms with E-state index in [0.29, 0.717) is 11.5 Å². The Balaban J connectivity index is 1.93. The fourth-order valence-electron chi connectivity index (χ4n) is 3.32. The summed E-state index contributed by atoms with van der Waals surface area (Å²) in [6.07, 6.45) is 8.36. The third-order valence-corrected chi connectivity index (χ3v) is 5.23. The van der Waals surface area contributed by atoms with Gasteiger partial charge >= 0.3 is 0 Å². The van der Waals surface area contributed by atoms with Gasteiger partial charge in [0.15, 0.2) is 0 Å². The summed E-state index contributed by atoms with van der Waals surface area (Å²) in [5.74, 6) is 1.91. The topological polar surface area (TPSA) is 29.3 Å². The van der Waals surface area contributed by atoms with Crippen molar-refractivity contribution in [3.63, 3.8) is 0 Å². The van der Waals surface area contributed by atoms with Crippen molar-refractivity contribution in [2.24, 2.45) is 23.0 Å². The van der Waals surface area contributed by atoms with Crippen molar-refractivity contribution in [2.45, 2.75) is 65.3 Å². The molecular weight excluding hydrogens is 220 g/mol. The number of nitrogens with zero attached hydrogens (tertiary/aromatic N) is 1. The van der Waals surface area contributed by atoms with E-state index in [4.69, 9.17) is 5.73 Å². The van der Waals surface area contributed by atoms with E-state index in [9.17, 15) is 0 Å². The Bertz CT molecular complexity index is 250. The highest BCUT2D eigenvalue weighted by molar-refractivity contribution is 4.90. The van der Waals surface area contributed by atoms with E-state index in [0.717, 1.165) is 18.4 Å². The molecule has 106 valence electrons. The first-order valence-corrected chi connectivity index (χ1v) is 7.99. The molecule has 2 nitrogen and oxygen atoms in total. The van der Waals surface area contributed by atoms with Gasteiger partial charge in [-0.1, -0.05) is 19.8 Å². The fourth-order valence-corrected chi connectivity index (χ4v) is 3.32. The lowest BCUT2D eigenvalue weighted by Gasteiger charge is -2.43. The lowest BCUT2D eigenvalue weighted by atomic mass is 9.70. The average molecular weight is 252 g/mol. The van der Waals surface area contributed by atoms with Crippen LogP contribution in [0.25, 0.3) is 0 Å². The molecule has 0 radical (unpaired) electrons. The highest BCUT2D eigenvalue weighted by atomic mass is 15.2. The van der Waals surface area contributed by atoms with Gasteiger partial charge in [-0.3, -0.25) is 0 Å². The Morgan fingerprint density at radius 3 is 2.22 bits per heavy atom. The molecule has 0 aromatic heterocycles. The van der Waals surface area contributed by atoms with Gasteiger partial charge in [-0.15, -0.1) is 0 Å². The van der Waals surface area contributed by atoms with Gasteiger partial charge in [0.1, 0.15) is 0 Å². The fraction of sp³-hybridized carbons (Fsp3) is 1.00. The van der Waals surface area contributed by atoms with Crippen molar-refractivity contribution in [1.29, 1.82) is 0 Å².